The molecule has 1 rings (SSSR count). The molecule has 0 saturated heterocycles. The van der Waals surface area contributed by atoms with Gasteiger partial charge in [-0.15, -0.1) is 0 Å². The van der Waals surface area contributed by atoms with Gasteiger partial charge >= 0.3 is 0 Å². The van der Waals surface area contributed by atoms with Gasteiger partial charge in [-0.05, 0) is 22.0 Å². The van der Waals surface area contributed by atoms with E-state index in [1.54, 1.807) is 12.3 Å². The summed E-state index contributed by atoms with van der Waals surface area (Å²) in [6.45, 7) is 3.13. The zero-order valence-electron chi connectivity index (χ0n) is 6.12. The molecule has 1 aromatic heterocycles. The van der Waals surface area contributed by atoms with Crippen LogP contribution in [0, 0.1) is 0 Å². The number of hydrogen-bond acceptors (Lipinski definition) is 3. The maximum atomic E-state index is 11.1. The molecule has 62 valence electrons. The Hall–Kier alpha value is -1.23. The normalized spacial score (nSPS) is 9.08. The number of hydrazone groups is 1. The Morgan fingerprint density at radius 3 is 3.00 bits per heavy atom. The van der Waals surface area contributed by atoms with E-state index in [2.05, 4.69) is 38.2 Å². The predicted molar refractivity (Wildman–Crippen MR) is 49.0 cm³/mol. The number of hydrogen-bond donors (Lipinski definition) is 1. The van der Waals surface area contributed by atoms with E-state index in [-0.39, 0.29) is 5.91 Å². The van der Waals surface area contributed by atoms with E-state index in [0.29, 0.717) is 5.56 Å². The number of carbonyl (C=O) groups excluding carboxylic acids is 1. The van der Waals surface area contributed by atoms with Crippen LogP contribution in [-0.2, 0) is 0 Å². The summed E-state index contributed by atoms with van der Waals surface area (Å²) in [5, 5.41) is 3.25. The molecule has 0 unspecified atom stereocenters. The van der Waals surface area contributed by atoms with Gasteiger partial charge in [0, 0.05) is 23.6 Å². The van der Waals surface area contributed by atoms with Crippen LogP contribution in [-0.4, -0.2) is 17.6 Å². The van der Waals surface area contributed by atoms with E-state index < -0.39 is 0 Å². The van der Waals surface area contributed by atoms with Crippen LogP contribution in [0.3, 0.4) is 0 Å². The number of halogens is 1. The fourth-order valence-corrected chi connectivity index (χ4v) is 1.04. The van der Waals surface area contributed by atoms with Crippen LogP contribution >= 0.6 is 15.9 Å². The van der Waals surface area contributed by atoms with Crippen molar-refractivity contribution in [3.63, 3.8) is 0 Å². The van der Waals surface area contributed by atoms with Crippen LogP contribution < -0.4 is 5.43 Å². The molecule has 5 heteroatoms. The van der Waals surface area contributed by atoms with Crippen LogP contribution in [0.5, 0.6) is 0 Å². The highest BCUT2D eigenvalue weighted by Gasteiger charge is 2.03. The summed E-state index contributed by atoms with van der Waals surface area (Å²) in [7, 11) is 0. The number of pyridine rings is 1. The molecule has 0 spiro atoms. The van der Waals surface area contributed by atoms with Gasteiger partial charge in [0.05, 0.1) is 5.56 Å². The van der Waals surface area contributed by atoms with Crippen molar-refractivity contribution in [1.82, 2.24) is 10.4 Å². The second-order valence-corrected chi connectivity index (χ2v) is 2.91. The predicted octanol–water partition coefficient (Wildman–Crippen LogP) is 1.19. The molecule has 0 saturated carbocycles. The average molecular weight is 228 g/mol. The Bertz CT molecular complexity index is 313. The monoisotopic (exact) mass is 227 g/mol. The zero-order valence-corrected chi connectivity index (χ0v) is 7.71. The fourth-order valence-electron chi connectivity index (χ4n) is 0.672. The third-order valence-corrected chi connectivity index (χ3v) is 1.58. The van der Waals surface area contributed by atoms with E-state index >= 15 is 0 Å². The highest BCUT2D eigenvalue weighted by molar-refractivity contribution is 9.10. The molecule has 0 aliphatic carbocycles. The summed E-state index contributed by atoms with van der Waals surface area (Å²) < 4.78 is 0.749. The van der Waals surface area contributed by atoms with Gasteiger partial charge in [0.1, 0.15) is 0 Å². The minimum Gasteiger partial charge on any atom is -0.267 e. The third-order valence-electron chi connectivity index (χ3n) is 1.15. The molecule has 0 fully saturated rings. The van der Waals surface area contributed by atoms with Gasteiger partial charge in [0.25, 0.3) is 5.91 Å². The minimum absolute atomic E-state index is 0.321. The molecule has 1 N–H and O–H groups in total. The lowest BCUT2D eigenvalue weighted by Crippen LogP contribution is -2.16. The van der Waals surface area contributed by atoms with Crippen molar-refractivity contribution in [3.05, 3.63) is 28.5 Å². The standard InChI is InChI=1S/C7H6BrN3O/c1-9-11-7(12)5-2-6(8)4-10-3-5/h2-4H,1H2,(H,11,12). The van der Waals surface area contributed by atoms with Gasteiger partial charge in [0.15, 0.2) is 0 Å². The Morgan fingerprint density at radius 1 is 1.67 bits per heavy atom. The molecular weight excluding hydrogens is 222 g/mol. The van der Waals surface area contributed by atoms with Gasteiger partial charge in [-0.3, -0.25) is 9.78 Å². The van der Waals surface area contributed by atoms with Gasteiger partial charge in [0.2, 0.25) is 0 Å². The van der Waals surface area contributed by atoms with Crippen LogP contribution in [0.4, 0.5) is 0 Å². The summed E-state index contributed by atoms with van der Waals surface area (Å²) >= 11 is 3.19. The number of amides is 1. The quantitative estimate of drug-likeness (QED) is 0.610. The zero-order chi connectivity index (χ0) is 8.97. The summed E-state index contributed by atoms with van der Waals surface area (Å²) in [6, 6.07) is 1.65. The number of nitrogens with zero attached hydrogens (tertiary/aromatic N) is 2. The second kappa shape index (κ2) is 3.96. The summed E-state index contributed by atoms with van der Waals surface area (Å²) in [4.78, 5) is 14.9. The van der Waals surface area contributed by atoms with E-state index in [1.807, 2.05) is 0 Å². The van der Waals surface area contributed by atoms with Crippen molar-refractivity contribution in [2.75, 3.05) is 0 Å². The molecular formula is C7H6BrN3O. The number of aromatic nitrogens is 1. The summed E-state index contributed by atoms with van der Waals surface area (Å²) in [6.07, 6.45) is 3.05. The topological polar surface area (TPSA) is 54.4 Å². The molecule has 1 aromatic rings. The van der Waals surface area contributed by atoms with Gasteiger partial charge in [-0.1, -0.05) is 0 Å². The lowest BCUT2D eigenvalue weighted by Gasteiger charge is -1.97. The third kappa shape index (κ3) is 2.13. The Balaban J connectivity index is 2.87. The largest absolute Gasteiger partial charge is 0.272 e. The maximum Gasteiger partial charge on any atom is 0.272 e. The van der Waals surface area contributed by atoms with Crippen molar-refractivity contribution in [3.8, 4) is 0 Å². The van der Waals surface area contributed by atoms with Crippen LogP contribution in [0.2, 0.25) is 0 Å². The molecule has 0 aliphatic rings. The lowest BCUT2D eigenvalue weighted by atomic mass is 10.3. The second-order valence-electron chi connectivity index (χ2n) is 1.99. The van der Waals surface area contributed by atoms with Crippen LogP contribution in [0.25, 0.3) is 0 Å². The first-order valence-electron chi connectivity index (χ1n) is 3.10. The molecule has 0 bridgehead atoms. The Kier molecular flexibility index (Phi) is 2.93. The highest BCUT2D eigenvalue weighted by atomic mass is 79.9. The first-order chi connectivity index (χ1) is 5.74. The lowest BCUT2D eigenvalue weighted by molar-refractivity contribution is 0.0955. The summed E-state index contributed by atoms with van der Waals surface area (Å²) in [5.41, 5.74) is 2.64. The SMILES string of the molecule is C=NNC(=O)c1cncc(Br)c1. The molecule has 4 nitrogen and oxygen atoms in total. The van der Waals surface area contributed by atoms with E-state index in [0.717, 1.165) is 4.47 Å². The van der Waals surface area contributed by atoms with Crippen LogP contribution in [0.15, 0.2) is 28.0 Å². The van der Waals surface area contributed by atoms with E-state index in [4.69, 9.17) is 0 Å². The minimum atomic E-state index is -0.321. The molecule has 0 radical (unpaired) electrons. The number of rotatable bonds is 2. The van der Waals surface area contributed by atoms with Gasteiger partial charge in [-0.2, -0.15) is 5.10 Å². The molecule has 0 aromatic carbocycles. The number of carbonyl (C=O) groups is 1. The van der Waals surface area contributed by atoms with E-state index in [1.165, 1.54) is 6.20 Å². The van der Waals surface area contributed by atoms with E-state index in [9.17, 15) is 4.79 Å². The smallest absolute Gasteiger partial charge is 0.267 e. The molecule has 1 amide bonds. The molecule has 0 aliphatic heterocycles. The van der Waals surface area contributed by atoms with Gasteiger partial charge < -0.3 is 0 Å². The first-order valence-corrected chi connectivity index (χ1v) is 3.90. The molecule has 1 heterocycles. The average Bonchev–Trinajstić information content (AvgIpc) is 2.05. The first kappa shape index (κ1) is 8.86. The molecule has 0 atom stereocenters. The van der Waals surface area contributed by atoms with Crippen molar-refractivity contribution in [2.24, 2.45) is 5.10 Å². The number of nitrogens with one attached hydrogen (secondary N) is 1. The van der Waals surface area contributed by atoms with Crippen molar-refractivity contribution in [2.45, 2.75) is 0 Å². The maximum absolute atomic E-state index is 11.1. The Morgan fingerprint density at radius 2 is 2.42 bits per heavy atom. The van der Waals surface area contributed by atoms with Crippen molar-refractivity contribution >= 4 is 28.6 Å². The summed E-state index contributed by atoms with van der Waals surface area (Å²) in [5.74, 6) is -0.321. The van der Waals surface area contributed by atoms with Gasteiger partial charge in [-0.25, -0.2) is 5.43 Å². The van der Waals surface area contributed by atoms with Crippen molar-refractivity contribution < 1.29 is 4.79 Å². The fraction of sp³-hybridized carbons (Fsp3) is 0. The molecule has 12 heavy (non-hydrogen) atoms. The van der Waals surface area contributed by atoms with Crippen LogP contribution in [0.1, 0.15) is 10.4 Å². The highest BCUT2D eigenvalue weighted by Crippen LogP contribution is 2.08. The van der Waals surface area contributed by atoms with Crippen molar-refractivity contribution in [1.29, 1.82) is 0 Å². The Labute approximate surface area is 77.8 Å².